The zero-order valence-corrected chi connectivity index (χ0v) is 6.93. The first-order chi connectivity index (χ1) is 4.45. The van der Waals surface area contributed by atoms with Gasteiger partial charge in [0.1, 0.15) is 6.61 Å². The summed E-state index contributed by atoms with van der Waals surface area (Å²) in [5.74, 6) is 0. The summed E-state index contributed by atoms with van der Waals surface area (Å²) in [5.41, 5.74) is 4.23. The molecule has 0 amide bonds. The van der Waals surface area contributed by atoms with Crippen molar-refractivity contribution < 1.29 is 9.84 Å². The van der Waals surface area contributed by atoms with Crippen molar-refractivity contribution in [3.63, 3.8) is 0 Å². The Morgan fingerprint density at radius 1 is 1.80 bits per heavy atom. The maximum atomic E-state index is 9.10. The lowest BCUT2D eigenvalue weighted by atomic mass is 10.2. The van der Waals surface area contributed by atoms with Gasteiger partial charge in [-0.3, -0.25) is 0 Å². The molecule has 10 heavy (non-hydrogen) atoms. The van der Waals surface area contributed by atoms with Crippen LogP contribution in [0.1, 0.15) is 13.8 Å². The Morgan fingerprint density at radius 3 is 2.60 bits per heavy atom. The molecule has 0 atom stereocenters. The van der Waals surface area contributed by atoms with E-state index in [1.807, 2.05) is 0 Å². The number of ether oxygens (including phenoxy) is 1. The van der Waals surface area contributed by atoms with Crippen LogP contribution in [0, 0.1) is 0 Å². The minimum atomic E-state index is -0.886. The monoisotopic (exact) mass is 164 g/mol. The molecule has 0 spiro atoms. The van der Waals surface area contributed by atoms with Gasteiger partial charge in [-0.2, -0.15) is 4.40 Å². The fraction of sp³-hybridized carbons (Fsp3) is 0.800. The second kappa shape index (κ2) is 3.68. The van der Waals surface area contributed by atoms with Gasteiger partial charge >= 0.3 is 0 Å². The molecule has 0 rings (SSSR count). The molecule has 3 N–H and O–H groups in total. The van der Waals surface area contributed by atoms with Gasteiger partial charge in [0.25, 0.3) is 6.02 Å². The Labute approximate surface area is 65.6 Å². The van der Waals surface area contributed by atoms with E-state index < -0.39 is 5.60 Å². The van der Waals surface area contributed by atoms with Gasteiger partial charge in [0.2, 0.25) is 0 Å². The van der Waals surface area contributed by atoms with Crippen LogP contribution in [0.4, 0.5) is 0 Å². The van der Waals surface area contributed by atoms with E-state index in [1.165, 1.54) is 0 Å². The largest absolute Gasteiger partial charge is 0.462 e. The molecular weight excluding hydrogens is 152 g/mol. The van der Waals surface area contributed by atoms with Crippen LogP contribution in [0.2, 0.25) is 0 Å². The molecule has 0 heterocycles. The maximum Gasteiger partial charge on any atom is 0.293 e. The van der Waals surface area contributed by atoms with Crippen LogP contribution in [0.15, 0.2) is 4.40 Å². The summed E-state index contributed by atoms with van der Waals surface area (Å²) < 4.78 is 8.00. The van der Waals surface area contributed by atoms with Crippen molar-refractivity contribution in [2.45, 2.75) is 19.4 Å². The Kier molecular flexibility index (Phi) is 3.52. The molecule has 0 aliphatic heterocycles. The molecule has 0 bridgehead atoms. The predicted octanol–water partition coefficient (Wildman–Crippen LogP) is -0.0666. The van der Waals surface area contributed by atoms with E-state index in [2.05, 4.69) is 17.2 Å². The molecule has 0 saturated heterocycles. The SMILES string of the molecule is CC(C)(O)COC(N)=NS. The second-order valence-corrected chi connectivity index (χ2v) is 2.74. The Balaban J connectivity index is 3.56. The molecule has 0 fully saturated rings. The minimum absolute atomic E-state index is 0.0366. The van der Waals surface area contributed by atoms with Gasteiger partial charge in [0, 0.05) is 0 Å². The van der Waals surface area contributed by atoms with Crippen LogP contribution in [0.5, 0.6) is 0 Å². The summed E-state index contributed by atoms with van der Waals surface area (Å²) in [4.78, 5) is 0. The third-order valence-electron chi connectivity index (χ3n) is 0.672. The highest BCUT2D eigenvalue weighted by molar-refractivity contribution is 7.79. The van der Waals surface area contributed by atoms with Gasteiger partial charge in [0.05, 0.1) is 5.60 Å². The van der Waals surface area contributed by atoms with Crippen LogP contribution in [0.25, 0.3) is 0 Å². The topological polar surface area (TPSA) is 67.8 Å². The first-order valence-corrected chi connectivity index (χ1v) is 3.18. The number of thiol groups is 1. The second-order valence-electron chi connectivity index (χ2n) is 2.54. The van der Waals surface area contributed by atoms with E-state index in [-0.39, 0.29) is 12.6 Å². The third-order valence-corrected chi connectivity index (χ3v) is 0.869. The highest BCUT2D eigenvalue weighted by atomic mass is 32.1. The molecular formula is C5H12N2O2S. The number of aliphatic hydroxyl groups is 1. The average molecular weight is 164 g/mol. The lowest BCUT2D eigenvalue weighted by Crippen LogP contribution is -2.30. The maximum absolute atomic E-state index is 9.10. The molecule has 0 unspecified atom stereocenters. The van der Waals surface area contributed by atoms with Gasteiger partial charge < -0.3 is 15.6 Å². The Morgan fingerprint density at radius 2 is 2.30 bits per heavy atom. The molecule has 5 heteroatoms. The zero-order chi connectivity index (χ0) is 8.20. The molecule has 0 aliphatic carbocycles. The lowest BCUT2D eigenvalue weighted by Gasteiger charge is -2.16. The molecule has 0 aliphatic rings. The van der Waals surface area contributed by atoms with Gasteiger partial charge in [-0.05, 0) is 26.7 Å². The van der Waals surface area contributed by atoms with Crippen molar-refractivity contribution in [3.05, 3.63) is 0 Å². The third kappa shape index (κ3) is 5.71. The molecule has 0 aromatic rings. The predicted molar refractivity (Wildman–Crippen MR) is 42.9 cm³/mol. The number of nitrogens with two attached hydrogens (primary N) is 1. The molecule has 0 saturated carbocycles. The van der Waals surface area contributed by atoms with Gasteiger partial charge in [-0.15, -0.1) is 0 Å². The van der Waals surface area contributed by atoms with E-state index in [0.29, 0.717) is 0 Å². The number of hydrogen-bond donors (Lipinski definition) is 3. The lowest BCUT2D eigenvalue weighted by molar-refractivity contribution is 0.0233. The summed E-state index contributed by atoms with van der Waals surface area (Å²) in [6.07, 6.45) is 0. The van der Waals surface area contributed by atoms with Crippen LogP contribution < -0.4 is 5.73 Å². The molecule has 0 aromatic carbocycles. The van der Waals surface area contributed by atoms with Crippen LogP contribution in [-0.2, 0) is 4.74 Å². The van der Waals surface area contributed by atoms with Crippen molar-refractivity contribution in [1.82, 2.24) is 0 Å². The molecule has 60 valence electrons. The highest BCUT2D eigenvalue weighted by Gasteiger charge is 2.13. The number of rotatable bonds is 2. The Bertz CT molecular complexity index is 130. The fourth-order valence-corrected chi connectivity index (χ4v) is 0.337. The summed E-state index contributed by atoms with van der Waals surface area (Å²) in [7, 11) is 0. The van der Waals surface area contributed by atoms with Crippen LogP contribution in [-0.4, -0.2) is 23.3 Å². The van der Waals surface area contributed by atoms with Crippen molar-refractivity contribution in [2.24, 2.45) is 10.1 Å². The fourth-order valence-electron chi connectivity index (χ4n) is 0.279. The highest BCUT2D eigenvalue weighted by Crippen LogP contribution is 2.00. The number of nitrogens with zero attached hydrogens (tertiary/aromatic N) is 1. The smallest absolute Gasteiger partial charge is 0.293 e. The van der Waals surface area contributed by atoms with E-state index in [0.717, 1.165) is 0 Å². The van der Waals surface area contributed by atoms with Crippen LogP contribution in [0.3, 0.4) is 0 Å². The minimum Gasteiger partial charge on any atom is -0.462 e. The van der Waals surface area contributed by atoms with Gasteiger partial charge in [-0.1, -0.05) is 0 Å². The van der Waals surface area contributed by atoms with Crippen molar-refractivity contribution in [3.8, 4) is 0 Å². The normalized spacial score (nSPS) is 13.4. The van der Waals surface area contributed by atoms with Gasteiger partial charge in [-0.25, -0.2) is 0 Å². The van der Waals surface area contributed by atoms with E-state index >= 15 is 0 Å². The summed E-state index contributed by atoms with van der Waals surface area (Å²) in [6.45, 7) is 3.33. The quantitative estimate of drug-likeness (QED) is 0.304. The van der Waals surface area contributed by atoms with Crippen LogP contribution >= 0.6 is 12.8 Å². The first-order valence-electron chi connectivity index (χ1n) is 2.78. The first kappa shape index (κ1) is 9.58. The Hall–Kier alpha value is -0.420. The van der Waals surface area contributed by atoms with Crippen molar-refractivity contribution in [1.29, 1.82) is 0 Å². The summed E-state index contributed by atoms with van der Waals surface area (Å²) in [5, 5.41) is 9.10. The number of hydrogen-bond acceptors (Lipinski definition) is 4. The van der Waals surface area contributed by atoms with Gasteiger partial charge in [0.15, 0.2) is 0 Å². The van der Waals surface area contributed by atoms with Crippen molar-refractivity contribution in [2.75, 3.05) is 6.61 Å². The molecule has 0 aromatic heterocycles. The standard InChI is InChI=1S/C5H12N2O2S/c1-5(2,8)3-9-4(6)7-10/h8,10H,3H2,1-2H3,(H2,6,7). The summed E-state index contributed by atoms with van der Waals surface area (Å²) in [6, 6.07) is -0.0366. The average Bonchev–Trinajstić information content (AvgIpc) is 1.81. The van der Waals surface area contributed by atoms with Crippen molar-refractivity contribution >= 4 is 18.8 Å². The number of amidine groups is 1. The van der Waals surface area contributed by atoms with E-state index in [4.69, 9.17) is 15.6 Å². The molecule has 4 nitrogen and oxygen atoms in total. The summed E-state index contributed by atoms with van der Waals surface area (Å²) >= 11 is 3.50. The molecule has 0 radical (unpaired) electrons. The van der Waals surface area contributed by atoms with E-state index in [1.54, 1.807) is 13.8 Å². The van der Waals surface area contributed by atoms with E-state index in [9.17, 15) is 0 Å². The zero-order valence-electron chi connectivity index (χ0n) is 6.03.